The highest BCUT2D eigenvalue weighted by Crippen LogP contribution is 2.19. The molecule has 14 heavy (non-hydrogen) atoms. The molecule has 1 aromatic carbocycles. The van der Waals surface area contributed by atoms with Gasteiger partial charge in [-0.2, -0.15) is 5.10 Å². The zero-order chi connectivity index (χ0) is 9.97. The average Bonchev–Trinajstić information content (AvgIpc) is 2.70. The highest BCUT2D eigenvalue weighted by Gasteiger charge is 2.04. The maximum atomic E-state index is 9.12. The largest absolute Gasteiger partial charge is 0.392 e. The monoisotopic (exact) mass is 208 g/mol. The molecule has 0 saturated carbocycles. The fourth-order valence-electron chi connectivity index (χ4n) is 1.30. The van der Waals surface area contributed by atoms with Gasteiger partial charge < -0.3 is 5.11 Å². The van der Waals surface area contributed by atoms with E-state index in [1.54, 1.807) is 29.1 Å². The third-order valence-corrected chi connectivity index (χ3v) is 2.20. The molecule has 1 heterocycles. The minimum absolute atomic E-state index is 0.0215. The van der Waals surface area contributed by atoms with Crippen molar-refractivity contribution < 1.29 is 5.11 Å². The lowest BCUT2D eigenvalue weighted by atomic mass is 10.2. The molecule has 0 aliphatic carbocycles. The molecule has 0 unspecified atom stereocenters. The molecule has 2 rings (SSSR count). The van der Waals surface area contributed by atoms with Crippen molar-refractivity contribution in [3.63, 3.8) is 0 Å². The minimum atomic E-state index is -0.0215. The average molecular weight is 209 g/mol. The zero-order valence-electron chi connectivity index (χ0n) is 7.39. The Bertz CT molecular complexity index is 426. The zero-order valence-corrected chi connectivity index (χ0v) is 8.15. The smallest absolute Gasteiger partial charge is 0.0715 e. The summed E-state index contributed by atoms with van der Waals surface area (Å²) in [5, 5.41) is 13.8. The lowest BCUT2D eigenvalue weighted by Gasteiger charge is -2.07. The molecule has 1 N–H and O–H groups in total. The lowest BCUT2D eigenvalue weighted by molar-refractivity contribution is 0.281. The van der Waals surface area contributed by atoms with Crippen molar-refractivity contribution in [2.75, 3.05) is 0 Å². The van der Waals surface area contributed by atoms with Crippen molar-refractivity contribution in [2.45, 2.75) is 6.61 Å². The molecular weight excluding hydrogens is 200 g/mol. The molecule has 0 aliphatic heterocycles. The number of nitrogens with zero attached hydrogens (tertiary/aromatic N) is 2. The second kappa shape index (κ2) is 3.82. The van der Waals surface area contributed by atoms with E-state index in [0.29, 0.717) is 5.02 Å². The fourth-order valence-corrected chi connectivity index (χ4v) is 1.46. The highest BCUT2D eigenvalue weighted by molar-refractivity contribution is 6.30. The van der Waals surface area contributed by atoms with Crippen molar-refractivity contribution in [1.82, 2.24) is 9.78 Å². The summed E-state index contributed by atoms with van der Waals surface area (Å²) in [4.78, 5) is 0. The van der Waals surface area contributed by atoms with E-state index >= 15 is 0 Å². The first-order valence-corrected chi connectivity index (χ1v) is 4.58. The topological polar surface area (TPSA) is 38.0 Å². The molecule has 0 radical (unpaired) electrons. The SMILES string of the molecule is OCc1ccc(Cl)cc1-n1cccn1. The van der Waals surface area contributed by atoms with E-state index in [0.717, 1.165) is 11.3 Å². The first kappa shape index (κ1) is 9.24. The van der Waals surface area contributed by atoms with Crippen molar-refractivity contribution >= 4 is 11.6 Å². The summed E-state index contributed by atoms with van der Waals surface area (Å²) in [5.74, 6) is 0. The minimum Gasteiger partial charge on any atom is -0.392 e. The van der Waals surface area contributed by atoms with Gasteiger partial charge in [0.25, 0.3) is 0 Å². The standard InChI is InChI=1S/C10H9ClN2O/c11-9-3-2-8(7-14)10(6-9)13-5-1-4-12-13/h1-6,14H,7H2. The van der Waals surface area contributed by atoms with E-state index in [1.807, 2.05) is 12.3 Å². The summed E-state index contributed by atoms with van der Waals surface area (Å²) >= 11 is 5.87. The molecule has 0 saturated heterocycles. The van der Waals surface area contributed by atoms with Crippen LogP contribution >= 0.6 is 11.6 Å². The molecule has 3 nitrogen and oxygen atoms in total. The van der Waals surface area contributed by atoms with Crippen LogP contribution in [0.4, 0.5) is 0 Å². The van der Waals surface area contributed by atoms with Crippen molar-refractivity contribution in [1.29, 1.82) is 0 Å². The van der Waals surface area contributed by atoms with Gasteiger partial charge in [0.05, 0.1) is 12.3 Å². The van der Waals surface area contributed by atoms with Crippen LogP contribution in [0.15, 0.2) is 36.7 Å². The van der Waals surface area contributed by atoms with Crippen LogP contribution in [0, 0.1) is 0 Å². The summed E-state index contributed by atoms with van der Waals surface area (Å²) in [7, 11) is 0. The number of halogens is 1. The second-order valence-electron chi connectivity index (χ2n) is 2.88. The van der Waals surface area contributed by atoms with E-state index in [4.69, 9.17) is 16.7 Å². The predicted molar refractivity (Wildman–Crippen MR) is 54.5 cm³/mol. The molecule has 1 aromatic heterocycles. The van der Waals surface area contributed by atoms with Crippen LogP contribution in [-0.2, 0) is 6.61 Å². The van der Waals surface area contributed by atoms with E-state index in [-0.39, 0.29) is 6.61 Å². The molecule has 2 aromatic rings. The Morgan fingerprint density at radius 1 is 1.43 bits per heavy atom. The number of aromatic nitrogens is 2. The number of hydrogen-bond acceptors (Lipinski definition) is 2. The maximum Gasteiger partial charge on any atom is 0.0715 e. The Balaban J connectivity index is 2.55. The molecule has 0 atom stereocenters. The highest BCUT2D eigenvalue weighted by atomic mass is 35.5. The normalized spacial score (nSPS) is 10.4. The number of hydrogen-bond donors (Lipinski definition) is 1. The summed E-state index contributed by atoms with van der Waals surface area (Å²) < 4.78 is 1.68. The Labute approximate surface area is 86.6 Å². The molecule has 0 amide bonds. The van der Waals surface area contributed by atoms with Gasteiger partial charge in [0.2, 0.25) is 0 Å². The Kier molecular flexibility index (Phi) is 2.52. The molecule has 0 spiro atoms. The lowest BCUT2D eigenvalue weighted by Crippen LogP contribution is -1.99. The molecule has 72 valence electrons. The second-order valence-corrected chi connectivity index (χ2v) is 3.32. The molecule has 0 fully saturated rings. The van der Waals surface area contributed by atoms with Gasteiger partial charge in [-0.15, -0.1) is 0 Å². The molecule has 0 bridgehead atoms. The van der Waals surface area contributed by atoms with Gasteiger partial charge in [-0.05, 0) is 18.2 Å². The summed E-state index contributed by atoms with van der Waals surface area (Å²) in [5.41, 5.74) is 1.61. The number of rotatable bonds is 2. The number of aliphatic hydroxyl groups excluding tert-OH is 1. The fraction of sp³-hybridized carbons (Fsp3) is 0.100. The van der Waals surface area contributed by atoms with E-state index < -0.39 is 0 Å². The molecule has 4 heteroatoms. The van der Waals surface area contributed by atoms with Gasteiger partial charge in [0.1, 0.15) is 0 Å². The van der Waals surface area contributed by atoms with Crippen molar-refractivity contribution in [2.24, 2.45) is 0 Å². The third-order valence-electron chi connectivity index (χ3n) is 1.97. The van der Waals surface area contributed by atoms with Crippen LogP contribution in [0.2, 0.25) is 5.02 Å². The van der Waals surface area contributed by atoms with E-state index in [2.05, 4.69) is 5.10 Å². The maximum absolute atomic E-state index is 9.12. The van der Waals surface area contributed by atoms with Crippen LogP contribution < -0.4 is 0 Å². The van der Waals surface area contributed by atoms with Gasteiger partial charge in [-0.3, -0.25) is 0 Å². The Morgan fingerprint density at radius 3 is 2.93 bits per heavy atom. The quantitative estimate of drug-likeness (QED) is 0.820. The van der Waals surface area contributed by atoms with Crippen LogP contribution in [0.3, 0.4) is 0 Å². The van der Waals surface area contributed by atoms with Gasteiger partial charge in [-0.25, -0.2) is 4.68 Å². The summed E-state index contributed by atoms with van der Waals surface area (Å²) in [6.45, 7) is -0.0215. The van der Waals surface area contributed by atoms with Gasteiger partial charge in [0.15, 0.2) is 0 Å². The molecular formula is C10H9ClN2O. The van der Waals surface area contributed by atoms with Crippen LogP contribution in [0.25, 0.3) is 5.69 Å². The van der Waals surface area contributed by atoms with Crippen LogP contribution in [-0.4, -0.2) is 14.9 Å². The summed E-state index contributed by atoms with van der Waals surface area (Å²) in [6.07, 6.45) is 3.49. The van der Waals surface area contributed by atoms with Crippen LogP contribution in [0.1, 0.15) is 5.56 Å². The summed E-state index contributed by atoms with van der Waals surface area (Å²) in [6, 6.07) is 7.14. The Hall–Kier alpha value is -1.32. The van der Waals surface area contributed by atoms with E-state index in [9.17, 15) is 0 Å². The van der Waals surface area contributed by atoms with Crippen molar-refractivity contribution in [3.8, 4) is 5.69 Å². The third kappa shape index (κ3) is 1.64. The number of benzene rings is 1. The van der Waals surface area contributed by atoms with Crippen LogP contribution in [0.5, 0.6) is 0 Å². The first-order valence-electron chi connectivity index (χ1n) is 4.20. The number of aliphatic hydroxyl groups is 1. The predicted octanol–water partition coefficient (Wildman–Crippen LogP) is 2.02. The van der Waals surface area contributed by atoms with Gasteiger partial charge in [-0.1, -0.05) is 17.7 Å². The van der Waals surface area contributed by atoms with Gasteiger partial charge in [0, 0.05) is 23.0 Å². The molecule has 0 aliphatic rings. The van der Waals surface area contributed by atoms with Gasteiger partial charge >= 0.3 is 0 Å². The Morgan fingerprint density at radius 2 is 2.29 bits per heavy atom. The van der Waals surface area contributed by atoms with E-state index in [1.165, 1.54) is 0 Å². The van der Waals surface area contributed by atoms with Crippen molar-refractivity contribution in [3.05, 3.63) is 47.2 Å². The first-order chi connectivity index (χ1) is 6.81.